The summed E-state index contributed by atoms with van der Waals surface area (Å²) in [5.41, 5.74) is 3.97. The number of carbonyl (C=O) groups is 2. The molecule has 5 nitrogen and oxygen atoms in total. The lowest BCUT2D eigenvalue weighted by molar-refractivity contribution is -0.122. The summed E-state index contributed by atoms with van der Waals surface area (Å²) in [5, 5.41) is 5.73. The van der Waals surface area contributed by atoms with Crippen molar-refractivity contribution in [3.8, 4) is 0 Å². The van der Waals surface area contributed by atoms with Crippen LogP contribution in [0.2, 0.25) is 0 Å². The Balaban J connectivity index is 1.70. The van der Waals surface area contributed by atoms with E-state index in [9.17, 15) is 9.59 Å². The summed E-state index contributed by atoms with van der Waals surface area (Å²) in [4.78, 5) is 29.2. The van der Waals surface area contributed by atoms with E-state index in [1.54, 1.807) is 0 Å². The maximum Gasteiger partial charge on any atom is 0.240 e. The number of aryl methyl sites for hydroxylation is 2. The number of hydrogen-bond donors (Lipinski definition) is 2. The molecule has 2 aromatic carbocycles. The lowest BCUT2D eigenvalue weighted by Gasteiger charge is -2.09. The molecule has 0 aromatic heterocycles. The second-order valence-electron chi connectivity index (χ2n) is 6.26. The number of aliphatic imine (C=N–C) groups is 1. The second-order valence-corrected chi connectivity index (χ2v) is 7.45. The SMILES string of the molecule is CCc1cccc(CC)c1N=C1NC(=O)[C@@H](CC(=O)Nc2ccccc2)S1. The van der Waals surface area contributed by atoms with Gasteiger partial charge >= 0.3 is 0 Å². The molecule has 1 fully saturated rings. The zero-order valence-corrected chi connectivity index (χ0v) is 16.3. The number of nitrogens with one attached hydrogen (secondary N) is 2. The molecule has 0 bridgehead atoms. The van der Waals surface area contributed by atoms with Crippen molar-refractivity contribution in [3.63, 3.8) is 0 Å². The van der Waals surface area contributed by atoms with Gasteiger partial charge in [-0.05, 0) is 36.1 Å². The number of anilines is 1. The highest BCUT2D eigenvalue weighted by molar-refractivity contribution is 8.15. The summed E-state index contributed by atoms with van der Waals surface area (Å²) >= 11 is 1.32. The molecule has 0 spiro atoms. The minimum absolute atomic E-state index is 0.112. The van der Waals surface area contributed by atoms with Gasteiger partial charge in [0.2, 0.25) is 11.8 Å². The Labute approximate surface area is 163 Å². The van der Waals surface area contributed by atoms with Crippen LogP contribution in [0.4, 0.5) is 11.4 Å². The van der Waals surface area contributed by atoms with E-state index in [0.717, 1.165) is 35.3 Å². The molecule has 1 atom stereocenters. The quantitative estimate of drug-likeness (QED) is 0.793. The highest BCUT2D eigenvalue weighted by atomic mass is 32.2. The lowest BCUT2D eigenvalue weighted by atomic mass is 10.0. The molecule has 1 aliphatic rings. The van der Waals surface area contributed by atoms with Gasteiger partial charge in [0.25, 0.3) is 0 Å². The summed E-state index contributed by atoms with van der Waals surface area (Å²) in [6.07, 6.45) is 1.86. The fourth-order valence-corrected chi connectivity index (χ4v) is 3.93. The molecule has 0 aliphatic carbocycles. The van der Waals surface area contributed by atoms with Gasteiger partial charge in [-0.15, -0.1) is 0 Å². The molecule has 1 saturated heterocycles. The summed E-state index contributed by atoms with van der Waals surface area (Å²) in [6.45, 7) is 4.19. The molecule has 2 amide bonds. The van der Waals surface area contributed by atoms with Crippen molar-refractivity contribution in [1.29, 1.82) is 0 Å². The van der Waals surface area contributed by atoms with Crippen molar-refractivity contribution in [2.45, 2.75) is 38.4 Å². The van der Waals surface area contributed by atoms with E-state index >= 15 is 0 Å². The predicted octanol–water partition coefficient (Wildman–Crippen LogP) is 4.06. The topological polar surface area (TPSA) is 70.6 Å². The Morgan fingerprint density at radius 2 is 1.74 bits per heavy atom. The molecule has 6 heteroatoms. The smallest absolute Gasteiger partial charge is 0.240 e. The molecule has 1 heterocycles. The summed E-state index contributed by atoms with van der Waals surface area (Å²) in [5.74, 6) is -0.354. The van der Waals surface area contributed by atoms with Crippen LogP contribution in [-0.2, 0) is 22.4 Å². The number of thioether (sulfide) groups is 1. The first-order valence-electron chi connectivity index (χ1n) is 9.12. The van der Waals surface area contributed by atoms with Crippen molar-refractivity contribution >= 4 is 40.1 Å². The van der Waals surface area contributed by atoms with Crippen LogP contribution in [0.3, 0.4) is 0 Å². The number of hydrogen-bond acceptors (Lipinski definition) is 4. The maximum atomic E-state index is 12.3. The van der Waals surface area contributed by atoms with Crippen molar-refractivity contribution in [2.75, 3.05) is 5.32 Å². The third-order valence-electron chi connectivity index (χ3n) is 4.38. The van der Waals surface area contributed by atoms with E-state index in [-0.39, 0.29) is 18.2 Å². The highest BCUT2D eigenvalue weighted by Gasteiger charge is 2.32. The number of amidine groups is 1. The highest BCUT2D eigenvalue weighted by Crippen LogP contribution is 2.30. The van der Waals surface area contributed by atoms with Crippen LogP contribution in [0.25, 0.3) is 0 Å². The lowest BCUT2D eigenvalue weighted by Crippen LogP contribution is -2.28. The van der Waals surface area contributed by atoms with Gasteiger partial charge < -0.3 is 10.6 Å². The molecule has 0 unspecified atom stereocenters. The second kappa shape index (κ2) is 8.86. The van der Waals surface area contributed by atoms with Gasteiger partial charge in [0, 0.05) is 12.1 Å². The van der Waals surface area contributed by atoms with Gasteiger partial charge in [-0.25, -0.2) is 4.99 Å². The number of amides is 2. The molecule has 2 N–H and O–H groups in total. The van der Waals surface area contributed by atoms with Crippen molar-refractivity contribution in [1.82, 2.24) is 5.32 Å². The first-order chi connectivity index (χ1) is 13.1. The number of rotatable bonds is 6. The maximum absolute atomic E-state index is 12.3. The molecule has 3 rings (SSSR count). The van der Waals surface area contributed by atoms with Gasteiger partial charge in [-0.3, -0.25) is 9.59 Å². The minimum Gasteiger partial charge on any atom is -0.326 e. The summed E-state index contributed by atoms with van der Waals surface area (Å²) in [7, 11) is 0. The van der Waals surface area contributed by atoms with Gasteiger partial charge in [0.05, 0.1) is 5.69 Å². The molecule has 1 aliphatic heterocycles. The Hall–Kier alpha value is -2.60. The van der Waals surface area contributed by atoms with E-state index in [0.29, 0.717) is 5.17 Å². The molecule has 2 aromatic rings. The van der Waals surface area contributed by atoms with E-state index in [2.05, 4.69) is 36.6 Å². The minimum atomic E-state index is -0.466. The number of carbonyl (C=O) groups excluding carboxylic acids is 2. The summed E-state index contributed by atoms with van der Waals surface area (Å²) < 4.78 is 0. The van der Waals surface area contributed by atoms with Crippen LogP contribution in [-0.4, -0.2) is 22.2 Å². The van der Waals surface area contributed by atoms with E-state index in [4.69, 9.17) is 4.99 Å². The average Bonchev–Trinajstić information content (AvgIpc) is 3.01. The Bertz CT molecular complexity index is 843. The van der Waals surface area contributed by atoms with Crippen molar-refractivity contribution in [2.24, 2.45) is 4.99 Å². The van der Waals surface area contributed by atoms with E-state index < -0.39 is 5.25 Å². The fraction of sp³-hybridized carbons (Fsp3) is 0.286. The van der Waals surface area contributed by atoms with Gasteiger partial charge in [-0.1, -0.05) is 62.0 Å². The Morgan fingerprint density at radius 1 is 1.07 bits per heavy atom. The third-order valence-corrected chi connectivity index (χ3v) is 5.46. The molecular weight excluding hydrogens is 358 g/mol. The molecular formula is C21H23N3O2S. The first-order valence-corrected chi connectivity index (χ1v) is 10.0. The summed E-state index contributed by atoms with van der Waals surface area (Å²) in [6, 6.07) is 15.4. The molecule has 0 radical (unpaired) electrons. The van der Waals surface area contributed by atoms with Crippen LogP contribution in [0.5, 0.6) is 0 Å². The molecule has 0 saturated carbocycles. The predicted molar refractivity (Wildman–Crippen MR) is 112 cm³/mol. The Morgan fingerprint density at radius 3 is 2.37 bits per heavy atom. The van der Waals surface area contributed by atoms with Crippen molar-refractivity contribution < 1.29 is 9.59 Å². The van der Waals surface area contributed by atoms with Crippen LogP contribution in [0.1, 0.15) is 31.4 Å². The zero-order chi connectivity index (χ0) is 19.2. The normalized spacial score (nSPS) is 17.8. The van der Waals surface area contributed by atoms with Crippen LogP contribution in [0.15, 0.2) is 53.5 Å². The largest absolute Gasteiger partial charge is 0.326 e. The number of benzene rings is 2. The molecule has 27 heavy (non-hydrogen) atoms. The van der Waals surface area contributed by atoms with Crippen LogP contribution < -0.4 is 10.6 Å². The fourth-order valence-electron chi connectivity index (χ4n) is 2.95. The zero-order valence-electron chi connectivity index (χ0n) is 15.5. The monoisotopic (exact) mass is 381 g/mol. The van der Waals surface area contributed by atoms with Gasteiger partial charge in [0.15, 0.2) is 5.17 Å². The third kappa shape index (κ3) is 4.77. The van der Waals surface area contributed by atoms with Crippen molar-refractivity contribution in [3.05, 3.63) is 59.7 Å². The standard InChI is InChI=1S/C21H23N3O2S/c1-3-14-9-8-10-15(4-2)19(14)23-21-24-20(26)17(27-21)13-18(25)22-16-11-6-5-7-12-16/h5-12,17H,3-4,13H2,1-2H3,(H,22,25)(H,23,24,26)/t17-/m1/s1. The van der Waals surface area contributed by atoms with Gasteiger partial charge in [-0.2, -0.15) is 0 Å². The molecule has 140 valence electrons. The van der Waals surface area contributed by atoms with Gasteiger partial charge in [0.1, 0.15) is 5.25 Å². The number of nitrogens with zero attached hydrogens (tertiary/aromatic N) is 1. The average molecular weight is 382 g/mol. The van der Waals surface area contributed by atoms with Crippen LogP contribution >= 0.6 is 11.8 Å². The van der Waals surface area contributed by atoms with E-state index in [1.807, 2.05) is 36.4 Å². The van der Waals surface area contributed by atoms with Crippen LogP contribution in [0, 0.1) is 0 Å². The first kappa shape index (κ1) is 19.2. The van der Waals surface area contributed by atoms with E-state index in [1.165, 1.54) is 11.8 Å². The number of para-hydroxylation sites is 2. The Kier molecular flexibility index (Phi) is 6.29.